The van der Waals surface area contributed by atoms with Crippen LogP contribution >= 0.6 is 0 Å². The zero-order valence-electron chi connectivity index (χ0n) is 8.73. The lowest BCUT2D eigenvalue weighted by atomic mass is 10.00. The number of hydrogen-bond acceptors (Lipinski definition) is 2. The van der Waals surface area contributed by atoms with Gasteiger partial charge in [-0.2, -0.15) is 0 Å². The van der Waals surface area contributed by atoms with Gasteiger partial charge in [-0.3, -0.25) is 0 Å². The van der Waals surface area contributed by atoms with Gasteiger partial charge in [-0.25, -0.2) is 8.78 Å². The van der Waals surface area contributed by atoms with E-state index in [1.807, 2.05) is 20.8 Å². The monoisotopic (exact) mass is 195 g/mol. The summed E-state index contributed by atoms with van der Waals surface area (Å²) in [4.78, 5) is 0. The minimum atomic E-state index is -2.28. The molecule has 0 spiro atoms. The third-order valence-corrected chi connectivity index (χ3v) is 1.97. The average molecular weight is 195 g/mol. The highest BCUT2D eigenvalue weighted by atomic mass is 19.3. The highest BCUT2D eigenvalue weighted by Gasteiger charge is 2.20. The van der Waals surface area contributed by atoms with Crippen molar-refractivity contribution in [2.75, 3.05) is 13.7 Å². The molecular weight excluding hydrogens is 176 g/mol. The molecule has 0 saturated heterocycles. The Hall–Kier alpha value is -0.220. The Morgan fingerprint density at radius 2 is 1.92 bits per heavy atom. The van der Waals surface area contributed by atoms with Crippen molar-refractivity contribution in [2.24, 2.45) is 0 Å². The van der Waals surface area contributed by atoms with Crippen LogP contribution in [-0.2, 0) is 4.74 Å². The Morgan fingerprint density at radius 1 is 1.38 bits per heavy atom. The van der Waals surface area contributed by atoms with Crippen LogP contribution in [0.1, 0.15) is 27.2 Å². The van der Waals surface area contributed by atoms with Crippen LogP contribution in [0.25, 0.3) is 0 Å². The zero-order valence-corrected chi connectivity index (χ0v) is 8.73. The number of rotatable bonds is 6. The van der Waals surface area contributed by atoms with Crippen molar-refractivity contribution in [2.45, 2.75) is 45.3 Å². The standard InChI is InChI=1S/C9H19F2NO/c1-7(12-6-8(10)11)5-9(2,3)13-4/h7-8,12H,5-6H2,1-4H3. The smallest absolute Gasteiger partial charge is 0.250 e. The van der Waals surface area contributed by atoms with Gasteiger partial charge in [-0.1, -0.05) is 0 Å². The molecule has 0 saturated carbocycles. The van der Waals surface area contributed by atoms with Crippen molar-refractivity contribution in [1.29, 1.82) is 0 Å². The molecule has 1 unspecified atom stereocenters. The maximum atomic E-state index is 11.8. The Balaban J connectivity index is 3.67. The lowest BCUT2D eigenvalue weighted by Gasteiger charge is -2.27. The Morgan fingerprint density at radius 3 is 2.31 bits per heavy atom. The van der Waals surface area contributed by atoms with Crippen LogP contribution in [0.5, 0.6) is 0 Å². The summed E-state index contributed by atoms with van der Waals surface area (Å²) in [6, 6.07) is 0.0453. The van der Waals surface area contributed by atoms with E-state index in [1.165, 1.54) is 0 Å². The fourth-order valence-electron chi connectivity index (χ4n) is 1.18. The molecule has 4 heteroatoms. The molecule has 13 heavy (non-hydrogen) atoms. The van der Waals surface area contributed by atoms with Gasteiger partial charge in [0.05, 0.1) is 12.1 Å². The highest BCUT2D eigenvalue weighted by Crippen LogP contribution is 2.15. The average Bonchev–Trinajstić information content (AvgIpc) is 2.00. The van der Waals surface area contributed by atoms with Crippen molar-refractivity contribution in [3.63, 3.8) is 0 Å². The topological polar surface area (TPSA) is 21.3 Å². The van der Waals surface area contributed by atoms with Crippen LogP contribution in [0.3, 0.4) is 0 Å². The van der Waals surface area contributed by atoms with E-state index in [1.54, 1.807) is 7.11 Å². The summed E-state index contributed by atoms with van der Waals surface area (Å²) >= 11 is 0. The molecule has 0 aromatic heterocycles. The van der Waals surface area contributed by atoms with E-state index in [-0.39, 0.29) is 18.2 Å². The van der Waals surface area contributed by atoms with Gasteiger partial charge in [0.1, 0.15) is 0 Å². The number of hydrogen-bond donors (Lipinski definition) is 1. The molecule has 1 N–H and O–H groups in total. The molecule has 0 bridgehead atoms. The van der Waals surface area contributed by atoms with E-state index >= 15 is 0 Å². The fourth-order valence-corrected chi connectivity index (χ4v) is 1.18. The van der Waals surface area contributed by atoms with Crippen LogP contribution in [0, 0.1) is 0 Å². The molecule has 1 atom stereocenters. The van der Waals surface area contributed by atoms with Crippen LogP contribution in [0.4, 0.5) is 8.78 Å². The van der Waals surface area contributed by atoms with Gasteiger partial charge >= 0.3 is 0 Å². The molecule has 0 aliphatic heterocycles. The number of nitrogens with one attached hydrogen (secondary N) is 1. The van der Waals surface area contributed by atoms with Gasteiger partial charge in [0.25, 0.3) is 6.43 Å². The molecule has 0 amide bonds. The number of alkyl halides is 2. The van der Waals surface area contributed by atoms with Crippen molar-refractivity contribution >= 4 is 0 Å². The van der Waals surface area contributed by atoms with E-state index in [9.17, 15) is 8.78 Å². The molecule has 0 heterocycles. The van der Waals surface area contributed by atoms with Gasteiger partial charge in [-0.05, 0) is 27.2 Å². The second kappa shape index (κ2) is 5.50. The van der Waals surface area contributed by atoms with E-state index in [0.29, 0.717) is 0 Å². The third-order valence-electron chi connectivity index (χ3n) is 1.97. The predicted molar refractivity (Wildman–Crippen MR) is 49.2 cm³/mol. The van der Waals surface area contributed by atoms with E-state index in [2.05, 4.69) is 5.32 Å². The van der Waals surface area contributed by atoms with E-state index in [4.69, 9.17) is 4.74 Å². The van der Waals surface area contributed by atoms with Crippen molar-refractivity contribution < 1.29 is 13.5 Å². The number of ether oxygens (including phenoxy) is 1. The molecule has 2 nitrogen and oxygen atoms in total. The molecular formula is C9H19F2NO. The van der Waals surface area contributed by atoms with Gasteiger partial charge < -0.3 is 10.1 Å². The largest absolute Gasteiger partial charge is 0.379 e. The van der Waals surface area contributed by atoms with E-state index < -0.39 is 6.43 Å². The molecule has 0 aromatic rings. The normalized spacial score (nSPS) is 15.0. The second-order valence-electron chi connectivity index (χ2n) is 3.87. The quantitative estimate of drug-likeness (QED) is 0.700. The summed E-state index contributed by atoms with van der Waals surface area (Å²) < 4.78 is 28.8. The highest BCUT2D eigenvalue weighted by molar-refractivity contribution is 4.75. The zero-order chi connectivity index (χ0) is 10.5. The van der Waals surface area contributed by atoms with Crippen molar-refractivity contribution in [1.82, 2.24) is 5.32 Å². The molecule has 0 aliphatic carbocycles. The van der Waals surface area contributed by atoms with Gasteiger partial charge in [-0.15, -0.1) is 0 Å². The molecule has 0 aromatic carbocycles. The van der Waals surface area contributed by atoms with Crippen LogP contribution in [-0.4, -0.2) is 31.7 Å². The molecule has 0 fully saturated rings. The first-order chi connectivity index (χ1) is 5.87. The summed E-state index contributed by atoms with van der Waals surface area (Å²) in [5.41, 5.74) is -0.255. The van der Waals surface area contributed by atoms with Gasteiger partial charge in [0.2, 0.25) is 0 Å². The maximum absolute atomic E-state index is 11.8. The summed E-state index contributed by atoms with van der Waals surface area (Å²) in [5.74, 6) is 0. The fraction of sp³-hybridized carbons (Fsp3) is 1.00. The lowest BCUT2D eigenvalue weighted by molar-refractivity contribution is 0.00709. The summed E-state index contributed by atoms with van der Waals surface area (Å²) in [6.07, 6.45) is -1.57. The molecule has 80 valence electrons. The van der Waals surface area contributed by atoms with Crippen LogP contribution in [0.15, 0.2) is 0 Å². The first-order valence-electron chi connectivity index (χ1n) is 4.44. The Kier molecular flexibility index (Phi) is 5.40. The van der Waals surface area contributed by atoms with Gasteiger partial charge in [0, 0.05) is 13.2 Å². The molecule has 0 radical (unpaired) electrons. The maximum Gasteiger partial charge on any atom is 0.250 e. The van der Waals surface area contributed by atoms with Crippen LogP contribution in [0.2, 0.25) is 0 Å². The minimum Gasteiger partial charge on any atom is -0.379 e. The minimum absolute atomic E-state index is 0.0453. The molecule has 0 rings (SSSR count). The third kappa shape index (κ3) is 6.90. The summed E-state index contributed by atoms with van der Waals surface area (Å²) in [7, 11) is 1.62. The summed E-state index contributed by atoms with van der Waals surface area (Å²) in [5, 5.41) is 2.74. The predicted octanol–water partition coefficient (Wildman–Crippen LogP) is 2.04. The Bertz CT molecular complexity index is 140. The van der Waals surface area contributed by atoms with E-state index in [0.717, 1.165) is 6.42 Å². The number of methoxy groups -OCH3 is 1. The number of halogens is 2. The first kappa shape index (κ1) is 12.8. The van der Waals surface area contributed by atoms with Crippen molar-refractivity contribution in [3.05, 3.63) is 0 Å². The second-order valence-corrected chi connectivity index (χ2v) is 3.87. The SMILES string of the molecule is COC(C)(C)CC(C)NCC(F)F. The summed E-state index contributed by atoms with van der Waals surface area (Å²) in [6.45, 7) is 5.51. The lowest BCUT2D eigenvalue weighted by Crippen LogP contribution is -2.37. The van der Waals surface area contributed by atoms with Crippen molar-refractivity contribution in [3.8, 4) is 0 Å². The first-order valence-corrected chi connectivity index (χ1v) is 4.44. The molecule has 0 aliphatic rings. The van der Waals surface area contributed by atoms with Crippen LogP contribution < -0.4 is 5.32 Å². The Labute approximate surface area is 78.7 Å². The van der Waals surface area contributed by atoms with Gasteiger partial charge in [0.15, 0.2) is 0 Å².